The number of H-pyrrole nitrogens is 2. The lowest BCUT2D eigenvalue weighted by atomic mass is 10.0. The van der Waals surface area contributed by atoms with Gasteiger partial charge in [0.15, 0.2) is 0 Å². The average Bonchev–Trinajstić information content (AvgIpc) is 3.21. The second-order valence-corrected chi connectivity index (χ2v) is 6.59. The number of fused-ring (bicyclic) bond motifs is 2. The van der Waals surface area contributed by atoms with Gasteiger partial charge in [0.05, 0.1) is 5.52 Å². The second kappa shape index (κ2) is 6.22. The molecule has 3 heterocycles. The van der Waals surface area contributed by atoms with E-state index in [0.29, 0.717) is 0 Å². The zero-order chi connectivity index (χ0) is 17.4. The highest BCUT2D eigenvalue weighted by atomic mass is 15.1. The van der Waals surface area contributed by atoms with Crippen LogP contribution in [0.1, 0.15) is 5.56 Å². The molecule has 128 valence electrons. The van der Waals surface area contributed by atoms with Gasteiger partial charge < -0.3 is 15.2 Å². The Kier molecular flexibility index (Phi) is 3.89. The molecule has 0 aliphatic rings. The van der Waals surface area contributed by atoms with Gasteiger partial charge in [-0.3, -0.25) is 5.10 Å². The first-order valence-corrected chi connectivity index (χ1v) is 8.44. The molecule has 3 aromatic heterocycles. The van der Waals surface area contributed by atoms with Crippen molar-refractivity contribution in [2.75, 3.05) is 32.5 Å². The van der Waals surface area contributed by atoms with E-state index in [-0.39, 0.29) is 0 Å². The van der Waals surface area contributed by atoms with E-state index < -0.39 is 0 Å². The van der Waals surface area contributed by atoms with Crippen molar-refractivity contribution >= 4 is 27.8 Å². The summed E-state index contributed by atoms with van der Waals surface area (Å²) in [6.45, 7) is 3.91. The Labute approximate surface area is 146 Å². The number of hydrogen-bond acceptors (Lipinski definition) is 4. The van der Waals surface area contributed by atoms with Gasteiger partial charge in [0.1, 0.15) is 17.2 Å². The van der Waals surface area contributed by atoms with Gasteiger partial charge in [0, 0.05) is 35.6 Å². The summed E-state index contributed by atoms with van der Waals surface area (Å²) in [5.74, 6) is 0.858. The largest absolute Gasteiger partial charge is 0.369 e. The second-order valence-electron chi connectivity index (χ2n) is 6.59. The number of anilines is 1. The number of pyridine rings is 1. The van der Waals surface area contributed by atoms with Gasteiger partial charge >= 0.3 is 0 Å². The molecular formula is C19H22N6. The number of nitrogens with zero attached hydrogens (tertiary/aromatic N) is 3. The predicted octanol–water partition coefficient (Wildman–Crippen LogP) is 3.39. The van der Waals surface area contributed by atoms with Crippen LogP contribution < -0.4 is 5.32 Å². The lowest BCUT2D eigenvalue weighted by Gasteiger charge is -2.12. The normalized spacial score (nSPS) is 11.7. The van der Waals surface area contributed by atoms with Crippen molar-refractivity contribution < 1.29 is 0 Å². The number of aromatic amines is 2. The van der Waals surface area contributed by atoms with Gasteiger partial charge in [0.25, 0.3) is 0 Å². The molecule has 0 unspecified atom stereocenters. The highest BCUT2D eigenvalue weighted by molar-refractivity contribution is 6.03. The summed E-state index contributed by atoms with van der Waals surface area (Å²) < 4.78 is 0. The predicted molar refractivity (Wildman–Crippen MR) is 103 cm³/mol. The molecule has 25 heavy (non-hydrogen) atoms. The molecular weight excluding hydrogens is 312 g/mol. The Balaban J connectivity index is 1.83. The van der Waals surface area contributed by atoms with Crippen LogP contribution in [0.2, 0.25) is 0 Å². The number of aryl methyl sites for hydroxylation is 1. The molecule has 0 aliphatic heterocycles. The molecule has 0 atom stereocenters. The van der Waals surface area contributed by atoms with Crippen LogP contribution >= 0.6 is 0 Å². The Morgan fingerprint density at radius 2 is 2.08 bits per heavy atom. The minimum atomic E-state index is 0.839. The van der Waals surface area contributed by atoms with E-state index in [1.165, 1.54) is 5.56 Å². The van der Waals surface area contributed by atoms with Crippen LogP contribution in [0.5, 0.6) is 0 Å². The first-order chi connectivity index (χ1) is 12.1. The fourth-order valence-electron chi connectivity index (χ4n) is 3.17. The van der Waals surface area contributed by atoms with Gasteiger partial charge in [0.2, 0.25) is 0 Å². The van der Waals surface area contributed by atoms with Crippen molar-refractivity contribution in [2.45, 2.75) is 6.92 Å². The van der Waals surface area contributed by atoms with Crippen LogP contribution in [0.4, 0.5) is 5.82 Å². The average molecular weight is 334 g/mol. The van der Waals surface area contributed by atoms with E-state index >= 15 is 0 Å². The van der Waals surface area contributed by atoms with Crippen LogP contribution in [0.15, 0.2) is 36.5 Å². The Bertz CT molecular complexity index is 1030. The van der Waals surface area contributed by atoms with E-state index in [4.69, 9.17) is 0 Å². The van der Waals surface area contributed by atoms with Crippen molar-refractivity contribution in [3.05, 3.63) is 42.1 Å². The highest BCUT2D eigenvalue weighted by Gasteiger charge is 2.15. The van der Waals surface area contributed by atoms with Crippen molar-refractivity contribution in [3.63, 3.8) is 0 Å². The molecule has 0 aliphatic carbocycles. The summed E-state index contributed by atoms with van der Waals surface area (Å²) in [5.41, 5.74) is 5.19. The molecule has 0 radical (unpaired) electrons. The SMILES string of the molecule is Cc1cccc2[nH]nc(-c3cc(NCCN(C)C)nc4[nH]ccc34)c12. The van der Waals surface area contributed by atoms with E-state index in [1.54, 1.807) is 0 Å². The smallest absolute Gasteiger partial charge is 0.140 e. The number of aromatic nitrogens is 4. The molecule has 3 N–H and O–H groups in total. The van der Waals surface area contributed by atoms with Crippen LogP contribution in [0.25, 0.3) is 33.2 Å². The van der Waals surface area contributed by atoms with E-state index in [0.717, 1.165) is 52.1 Å². The number of hydrogen-bond donors (Lipinski definition) is 3. The minimum Gasteiger partial charge on any atom is -0.369 e. The standard InChI is InChI=1S/C19H22N6/c1-12-5-4-6-15-17(12)18(24-23-15)14-11-16(20-9-10-25(2)3)22-19-13(14)7-8-21-19/h4-8,11H,9-10H2,1-3H3,(H,23,24)(H2,20,21,22). The summed E-state index contributed by atoms with van der Waals surface area (Å²) in [5, 5.41) is 13.4. The zero-order valence-electron chi connectivity index (χ0n) is 14.7. The lowest BCUT2D eigenvalue weighted by Crippen LogP contribution is -2.21. The monoisotopic (exact) mass is 334 g/mol. The topological polar surface area (TPSA) is 72.6 Å². The number of likely N-dealkylation sites (N-methyl/N-ethyl adjacent to an activating group) is 1. The molecule has 4 rings (SSSR count). The molecule has 1 aromatic carbocycles. The Hall–Kier alpha value is -2.86. The van der Waals surface area contributed by atoms with Gasteiger partial charge in [-0.15, -0.1) is 0 Å². The molecule has 0 amide bonds. The summed E-state index contributed by atoms with van der Waals surface area (Å²) in [6.07, 6.45) is 1.92. The molecule has 6 nitrogen and oxygen atoms in total. The maximum Gasteiger partial charge on any atom is 0.140 e. The zero-order valence-corrected chi connectivity index (χ0v) is 14.7. The molecule has 4 aromatic rings. The van der Waals surface area contributed by atoms with Crippen molar-refractivity contribution in [1.82, 2.24) is 25.1 Å². The van der Waals surface area contributed by atoms with E-state index in [1.807, 2.05) is 12.3 Å². The van der Waals surface area contributed by atoms with Crippen LogP contribution in [0.3, 0.4) is 0 Å². The van der Waals surface area contributed by atoms with Crippen LogP contribution in [0, 0.1) is 6.92 Å². The third-order valence-corrected chi connectivity index (χ3v) is 4.45. The molecule has 0 saturated heterocycles. The third kappa shape index (κ3) is 2.85. The first-order valence-electron chi connectivity index (χ1n) is 8.44. The molecule has 0 fully saturated rings. The maximum absolute atomic E-state index is 4.68. The summed E-state index contributed by atoms with van der Waals surface area (Å²) in [7, 11) is 4.13. The number of nitrogens with one attached hydrogen (secondary N) is 3. The first kappa shape index (κ1) is 15.7. The fourth-order valence-corrected chi connectivity index (χ4v) is 3.17. The highest BCUT2D eigenvalue weighted by Crippen LogP contribution is 2.34. The van der Waals surface area contributed by atoms with E-state index in [2.05, 4.69) is 75.7 Å². The van der Waals surface area contributed by atoms with Crippen molar-refractivity contribution in [2.24, 2.45) is 0 Å². The van der Waals surface area contributed by atoms with Gasteiger partial charge in [-0.25, -0.2) is 4.98 Å². The van der Waals surface area contributed by atoms with Crippen molar-refractivity contribution in [1.29, 1.82) is 0 Å². The van der Waals surface area contributed by atoms with E-state index in [9.17, 15) is 0 Å². The minimum absolute atomic E-state index is 0.839. The van der Waals surface area contributed by atoms with Gasteiger partial charge in [-0.05, 0) is 44.8 Å². The van der Waals surface area contributed by atoms with Crippen LogP contribution in [-0.2, 0) is 0 Å². The molecule has 0 bridgehead atoms. The number of benzene rings is 1. The summed E-state index contributed by atoms with van der Waals surface area (Å²) in [6, 6.07) is 10.4. The summed E-state index contributed by atoms with van der Waals surface area (Å²) in [4.78, 5) is 10.1. The third-order valence-electron chi connectivity index (χ3n) is 4.45. The molecule has 0 spiro atoms. The fraction of sp³-hybridized carbons (Fsp3) is 0.263. The Morgan fingerprint density at radius 3 is 2.92 bits per heavy atom. The quantitative estimate of drug-likeness (QED) is 0.523. The van der Waals surface area contributed by atoms with Crippen molar-refractivity contribution in [3.8, 4) is 11.3 Å². The Morgan fingerprint density at radius 1 is 1.20 bits per heavy atom. The van der Waals surface area contributed by atoms with Gasteiger partial charge in [-0.1, -0.05) is 12.1 Å². The maximum atomic E-state index is 4.68. The lowest BCUT2D eigenvalue weighted by molar-refractivity contribution is 0.425. The van der Waals surface area contributed by atoms with Gasteiger partial charge in [-0.2, -0.15) is 5.10 Å². The molecule has 0 saturated carbocycles. The summed E-state index contributed by atoms with van der Waals surface area (Å²) >= 11 is 0. The van der Waals surface area contributed by atoms with Crippen LogP contribution in [-0.4, -0.2) is 52.3 Å². The molecule has 6 heteroatoms. The number of rotatable bonds is 5.